The predicted octanol–water partition coefficient (Wildman–Crippen LogP) is 7.84. The zero-order valence-electron chi connectivity index (χ0n) is 20.9. The van der Waals surface area contributed by atoms with Crippen LogP contribution in [0.5, 0.6) is 5.75 Å². The molecule has 3 aromatic carbocycles. The molecule has 2 atom stereocenters. The van der Waals surface area contributed by atoms with E-state index in [0.717, 1.165) is 6.07 Å². The van der Waals surface area contributed by atoms with Crippen LogP contribution in [0.3, 0.4) is 0 Å². The third-order valence-corrected chi connectivity index (χ3v) is 7.68. The van der Waals surface area contributed by atoms with Crippen molar-refractivity contribution in [2.75, 3.05) is 11.4 Å². The van der Waals surface area contributed by atoms with Crippen LogP contribution in [0.1, 0.15) is 36.0 Å². The van der Waals surface area contributed by atoms with Crippen molar-refractivity contribution < 1.29 is 41.0 Å². The second-order valence-corrected chi connectivity index (χ2v) is 10.2. The summed E-state index contributed by atoms with van der Waals surface area (Å²) in [5, 5.41) is 10.3. The van der Waals surface area contributed by atoms with E-state index < -0.39 is 41.4 Å². The van der Waals surface area contributed by atoms with E-state index in [9.17, 15) is 36.2 Å². The summed E-state index contributed by atoms with van der Waals surface area (Å²) in [7, 11) is 0. The minimum Gasteiger partial charge on any atom is -0.487 e. The first-order valence-electron chi connectivity index (χ1n) is 12.1. The molecule has 0 radical (unpaired) electrons. The number of alkyl halides is 6. The number of carbonyl (C=O) groups is 1. The molecule has 0 bridgehead atoms. The van der Waals surface area contributed by atoms with Crippen molar-refractivity contribution in [3.05, 3.63) is 93.5 Å². The van der Waals surface area contributed by atoms with Crippen LogP contribution < -0.4 is 9.64 Å². The fourth-order valence-corrected chi connectivity index (χ4v) is 4.99. The molecule has 0 aliphatic carbocycles. The number of carbonyl (C=O) groups excluding carboxylic acids is 1. The molecule has 4 rings (SSSR count). The lowest BCUT2D eigenvalue weighted by atomic mass is 9.89. The lowest BCUT2D eigenvalue weighted by Crippen LogP contribution is -2.54. The van der Waals surface area contributed by atoms with Crippen molar-refractivity contribution in [2.45, 2.75) is 49.7 Å². The van der Waals surface area contributed by atoms with Crippen molar-refractivity contribution in [3.63, 3.8) is 0 Å². The Labute approximate surface area is 236 Å². The minimum absolute atomic E-state index is 0.0151. The number of halogens is 8. The zero-order valence-corrected chi connectivity index (χ0v) is 22.4. The van der Waals surface area contributed by atoms with Gasteiger partial charge in [-0.3, -0.25) is 4.79 Å². The van der Waals surface area contributed by atoms with Gasteiger partial charge < -0.3 is 14.7 Å². The molecular formula is C28H23Cl2F6NO3. The second-order valence-electron chi connectivity index (χ2n) is 9.46. The standard InChI is InChI=1S/C28H23Cl2F6NO3/c1-16(17-6-3-2-4-7-17)25(38)37-15-20(40-23-9-5-8-21(29)24(23)30)12-10-18-14-19(11-13-22(18)37)26(39,27(31,32)33)28(34,35)36/h2-9,11,13-14,16,20,39H,10,12,15H2,1H3. The molecule has 0 saturated carbocycles. The number of anilines is 1. The van der Waals surface area contributed by atoms with E-state index in [2.05, 4.69) is 0 Å². The third-order valence-electron chi connectivity index (χ3n) is 6.88. The molecule has 1 N–H and O–H groups in total. The molecule has 1 aliphatic heterocycles. The number of benzene rings is 3. The van der Waals surface area contributed by atoms with Crippen molar-refractivity contribution >= 4 is 34.8 Å². The molecule has 0 spiro atoms. The Morgan fingerprint density at radius 2 is 1.62 bits per heavy atom. The topological polar surface area (TPSA) is 49.8 Å². The first kappa shape index (κ1) is 30.0. The maximum absolute atomic E-state index is 13.7. The van der Waals surface area contributed by atoms with Gasteiger partial charge in [-0.15, -0.1) is 0 Å². The van der Waals surface area contributed by atoms with Crippen molar-refractivity contribution in [1.29, 1.82) is 0 Å². The minimum atomic E-state index is -6.05. The van der Waals surface area contributed by atoms with Crippen LogP contribution in [0.2, 0.25) is 10.0 Å². The van der Waals surface area contributed by atoms with Gasteiger partial charge in [0, 0.05) is 11.3 Å². The largest absolute Gasteiger partial charge is 0.487 e. The van der Waals surface area contributed by atoms with Crippen molar-refractivity contribution in [1.82, 2.24) is 0 Å². The van der Waals surface area contributed by atoms with Gasteiger partial charge in [-0.1, -0.05) is 71.7 Å². The van der Waals surface area contributed by atoms with Crippen LogP contribution >= 0.6 is 23.2 Å². The van der Waals surface area contributed by atoms with Crippen molar-refractivity contribution in [2.24, 2.45) is 0 Å². The van der Waals surface area contributed by atoms with E-state index in [4.69, 9.17) is 27.9 Å². The van der Waals surface area contributed by atoms with Crippen LogP contribution in [0, 0.1) is 0 Å². The van der Waals surface area contributed by atoms with Crippen LogP contribution in [0.25, 0.3) is 0 Å². The first-order chi connectivity index (χ1) is 18.6. The summed E-state index contributed by atoms with van der Waals surface area (Å²) in [6, 6.07) is 15.6. The highest BCUT2D eigenvalue weighted by Gasteiger charge is 2.71. The Bertz CT molecular complexity index is 1370. The van der Waals surface area contributed by atoms with Gasteiger partial charge in [0.15, 0.2) is 0 Å². The van der Waals surface area contributed by atoms with Gasteiger partial charge in [0.2, 0.25) is 5.91 Å². The summed E-state index contributed by atoms with van der Waals surface area (Å²) < 4.78 is 87.6. The lowest BCUT2D eigenvalue weighted by molar-refractivity contribution is -0.376. The number of hydrogen-bond donors (Lipinski definition) is 1. The number of fused-ring (bicyclic) bond motifs is 1. The first-order valence-corrected chi connectivity index (χ1v) is 12.9. The Morgan fingerprint density at radius 1 is 0.975 bits per heavy atom. The molecule has 0 aromatic heterocycles. The number of hydrogen-bond acceptors (Lipinski definition) is 3. The second kappa shape index (κ2) is 11.1. The lowest BCUT2D eigenvalue weighted by Gasteiger charge is -2.34. The normalized spacial score (nSPS) is 17.1. The molecule has 1 amide bonds. The number of ether oxygens (including phenoxy) is 1. The Kier molecular flexibility index (Phi) is 8.36. The SMILES string of the molecule is CC(C(=O)N1CC(Oc2cccc(Cl)c2Cl)CCc2cc(C(O)(C(F)(F)F)C(F)(F)F)ccc21)c1ccccc1. The molecule has 0 fully saturated rings. The van der Waals surface area contributed by atoms with Crippen LogP contribution in [0.15, 0.2) is 66.7 Å². The van der Waals surface area contributed by atoms with Gasteiger partial charge in [-0.2, -0.15) is 26.3 Å². The van der Waals surface area contributed by atoms with Crippen LogP contribution in [0.4, 0.5) is 32.0 Å². The molecular weight excluding hydrogens is 583 g/mol. The maximum atomic E-state index is 13.7. The van der Waals surface area contributed by atoms with E-state index in [0.29, 0.717) is 17.7 Å². The average Bonchev–Trinajstić information content (AvgIpc) is 3.08. The molecule has 12 heteroatoms. The summed E-state index contributed by atoms with van der Waals surface area (Å²) in [6.07, 6.45) is -12.8. The van der Waals surface area contributed by atoms with Gasteiger partial charge in [0.05, 0.1) is 17.5 Å². The van der Waals surface area contributed by atoms with E-state index >= 15 is 0 Å². The zero-order chi connectivity index (χ0) is 29.5. The Balaban J connectivity index is 1.78. The maximum Gasteiger partial charge on any atom is 0.430 e. The molecule has 1 aliphatic rings. The van der Waals surface area contributed by atoms with Gasteiger partial charge in [0.1, 0.15) is 16.9 Å². The molecule has 1 heterocycles. The van der Waals surface area contributed by atoms with Gasteiger partial charge in [-0.25, -0.2) is 0 Å². The predicted molar refractivity (Wildman–Crippen MR) is 139 cm³/mol. The van der Waals surface area contributed by atoms with Crippen LogP contribution in [-0.2, 0) is 16.8 Å². The summed E-state index contributed by atoms with van der Waals surface area (Å²) in [5.74, 6) is -0.947. The van der Waals surface area contributed by atoms with Crippen LogP contribution in [-0.4, -0.2) is 36.0 Å². The Morgan fingerprint density at radius 3 is 2.25 bits per heavy atom. The van der Waals surface area contributed by atoms with Gasteiger partial charge in [-0.05, 0) is 49.1 Å². The highest BCUT2D eigenvalue weighted by molar-refractivity contribution is 6.42. The molecule has 4 nitrogen and oxygen atoms in total. The van der Waals surface area contributed by atoms with E-state index in [1.807, 2.05) is 0 Å². The highest BCUT2D eigenvalue weighted by atomic mass is 35.5. The third kappa shape index (κ3) is 5.62. The smallest absolute Gasteiger partial charge is 0.430 e. The number of aliphatic hydroxyl groups is 1. The summed E-state index contributed by atoms with van der Waals surface area (Å²) in [4.78, 5) is 15.0. The fraction of sp³-hybridized carbons (Fsp3) is 0.321. The summed E-state index contributed by atoms with van der Waals surface area (Å²) >= 11 is 12.3. The monoisotopic (exact) mass is 605 g/mol. The number of nitrogens with zero attached hydrogens (tertiary/aromatic N) is 1. The average molecular weight is 606 g/mol. The van der Waals surface area contributed by atoms with Gasteiger partial charge >= 0.3 is 12.4 Å². The molecule has 2 unspecified atom stereocenters. The van der Waals surface area contributed by atoms with Gasteiger partial charge in [0.25, 0.3) is 5.60 Å². The van der Waals surface area contributed by atoms with Crippen molar-refractivity contribution in [3.8, 4) is 5.75 Å². The van der Waals surface area contributed by atoms with E-state index in [1.165, 1.54) is 4.90 Å². The highest BCUT2D eigenvalue weighted by Crippen LogP contribution is 2.51. The quantitative estimate of drug-likeness (QED) is 0.301. The molecule has 214 valence electrons. The molecule has 0 saturated heterocycles. The molecule has 40 heavy (non-hydrogen) atoms. The summed E-state index contributed by atoms with van der Waals surface area (Å²) in [6.45, 7) is 1.57. The summed E-state index contributed by atoms with van der Waals surface area (Å²) in [5.41, 5.74) is -5.70. The van der Waals surface area contributed by atoms with E-state index in [1.54, 1.807) is 55.5 Å². The number of amides is 1. The molecule has 3 aromatic rings. The Hall–Kier alpha value is -2.95. The van der Waals surface area contributed by atoms with E-state index in [-0.39, 0.29) is 46.4 Å². The number of rotatable bonds is 5. The number of aryl methyl sites for hydroxylation is 1. The fourth-order valence-electron chi connectivity index (χ4n) is 4.65.